The molecule has 0 unspecified atom stereocenters. The van der Waals surface area contributed by atoms with Crippen molar-refractivity contribution in [3.05, 3.63) is 33.9 Å². The second-order valence-corrected chi connectivity index (χ2v) is 3.55. The zero-order valence-corrected chi connectivity index (χ0v) is 9.09. The third-order valence-corrected chi connectivity index (χ3v) is 2.43. The fraction of sp³-hybridized carbons (Fsp3) is 0. The fourth-order valence-electron chi connectivity index (χ4n) is 1.28. The molecule has 0 aliphatic rings. The normalized spacial score (nSPS) is 10.9. The van der Waals surface area contributed by atoms with Crippen molar-refractivity contribution in [3.63, 3.8) is 0 Å². The highest BCUT2D eigenvalue weighted by molar-refractivity contribution is 7.71. The van der Waals surface area contributed by atoms with Crippen molar-refractivity contribution in [3.8, 4) is 11.4 Å². The molecule has 0 saturated carbocycles. The number of H-pyrrole nitrogens is 1. The lowest BCUT2D eigenvalue weighted by atomic mass is 10.1. The molecule has 0 aliphatic heterocycles. The van der Waals surface area contributed by atoms with E-state index in [1.54, 1.807) is 0 Å². The Kier molecular flexibility index (Phi) is 2.81. The molecule has 4 nitrogen and oxygen atoms in total. The SMILES string of the molecule is Nn1c(-c2c(F)c(F)c(F)c(F)c2F)n[nH]c1=S. The average molecular weight is 282 g/mol. The van der Waals surface area contributed by atoms with Gasteiger partial charge < -0.3 is 5.84 Å². The topological polar surface area (TPSA) is 59.6 Å². The van der Waals surface area contributed by atoms with Crippen LogP contribution in [0.2, 0.25) is 0 Å². The van der Waals surface area contributed by atoms with Gasteiger partial charge in [-0.15, -0.1) is 0 Å². The van der Waals surface area contributed by atoms with E-state index in [1.165, 1.54) is 0 Å². The van der Waals surface area contributed by atoms with Crippen molar-refractivity contribution in [1.29, 1.82) is 0 Å². The summed E-state index contributed by atoms with van der Waals surface area (Å²) in [5, 5.41) is 5.37. The maximum absolute atomic E-state index is 13.4. The van der Waals surface area contributed by atoms with E-state index in [2.05, 4.69) is 22.4 Å². The first-order valence-electron chi connectivity index (χ1n) is 4.30. The van der Waals surface area contributed by atoms with Gasteiger partial charge in [0.1, 0.15) is 0 Å². The van der Waals surface area contributed by atoms with E-state index in [-0.39, 0.29) is 4.77 Å². The van der Waals surface area contributed by atoms with E-state index in [0.717, 1.165) is 0 Å². The number of halogens is 5. The molecule has 0 aliphatic carbocycles. The highest BCUT2D eigenvalue weighted by atomic mass is 32.1. The van der Waals surface area contributed by atoms with E-state index in [0.29, 0.717) is 4.68 Å². The van der Waals surface area contributed by atoms with Gasteiger partial charge in [-0.05, 0) is 12.2 Å². The van der Waals surface area contributed by atoms with Crippen molar-refractivity contribution in [2.45, 2.75) is 0 Å². The molecule has 1 aromatic carbocycles. The van der Waals surface area contributed by atoms with E-state index >= 15 is 0 Å². The zero-order valence-electron chi connectivity index (χ0n) is 8.27. The summed E-state index contributed by atoms with van der Waals surface area (Å²) in [7, 11) is 0. The van der Waals surface area contributed by atoms with Gasteiger partial charge in [0, 0.05) is 0 Å². The Bertz CT molecular complexity index is 663. The predicted molar refractivity (Wildman–Crippen MR) is 52.8 cm³/mol. The molecule has 0 bridgehead atoms. The van der Waals surface area contributed by atoms with E-state index in [4.69, 9.17) is 5.84 Å². The third-order valence-electron chi connectivity index (χ3n) is 2.14. The highest BCUT2D eigenvalue weighted by Crippen LogP contribution is 2.29. The highest BCUT2D eigenvalue weighted by Gasteiger charge is 2.29. The van der Waals surface area contributed by atoms with Gasteiger partial charge in [-0.1, -0.05) is 0 Å². The summed E-state index contributed by atoms with van der Waals surface area (Å²) in [5.74, 6) is -5.94. The molecule has 1 heterocycles. The van der Waals surface area contributed by atoms with E-state index in [9.17, 15) is 22.0 Å². The molecular weight excluding hydrogens is 279 g/mol. The van der Waals surface area contributed by atoms with Crippen LogP contribution in [0, 0.1) is 33.9 Å². The number of nitrogen functional groups attached to an aromatic ring is 1. The third kappa shape index (κ3) is 1.56. The Labute approximate surface area is 101 Å². The summed E-state index contributed by atoms with van der Waals surface area (Å²) in [6, 6.07) is 0. The van der Waals surface area contributed by atoms with Gasteiger partial charge in [0.15, 0.2) is 29.1 Å². The summed E-state index contributed by atoms with van der Waals surface area (Å²) in [4.78, 5) is 0. The Morgan fingerprint density at radius 3 is 1.78 bits per heavy atom. The number of benzene rings is 1. The van der Waals surface area contributed by atoms with Crippen LogP contribution >= 0.6 is 12.2 Å². The molecule has 3 N–H and O–H groups in total. The lowest BCUT2D eigenvalue weighted by Gasteiger charge is -2.06. The van der Waals surface area contributed by atoms with Gasteiger partial charge in [0.2, 0.25) is 10.6 Å². The number of hydrogen-bond donors (Lipinski definition) is 2. The molecule has 1 aromatic heterocycles. The van der Waals surface area contributed by atoms with E-state index in [1.807, 2.05) is 0 Å². The first kappa shape index (κ1) is 12.5. The molecule has 0 amide bonds. The maximum Gasteiger partial charge on any atom is 0.214 e. The molecule has 0 fully saturated rings. The smallest absolute Gasteiger partial charge is 0.214 e. The number of nitrogens with zero attached hydrogens (tertiary/aromatic N) is 2. The lowest BCUT2D eigenvalue weighted by Crippen LogP contribution is -2.13. The molecule has 2 aromatic rings. The number of rotatable bonds is 1. The first-order chi connectivity index (χ1) is 8.36. The van der Waals surface area contributed by atoms with Crippen LogP contribution in [0.1, 0.15) is 0 Å². The Hall–Kier alpha value is -1.97. The van der Waals surface area contributed by atoms with Crippen molar-refractivity contribution in [1.82, 2.24) is 14.9 Å². The summed E-state index contributed by atoms with van der Waals surface area (Å²) in [6.07, 6.45) is 0. The van der Waals surface area contributed by atoms with Crippen LogP contribution in [-0.2, 0) is 0 Å². The fourth-order valence-corrected chi connectivity index (χ4v) is 1.41. The van der Waals surface area contributed by atoms with Gasteiger partial charge in [0.25, 0.3) is 0 Å². The van der Waals surface area contributed by atoms with Crippen molar-refractivity contribution in [2.24, 2.45) is 0 Å². The van der Waals surface area contributed by atoms with Gasteiger partial charge >= 0.3 is 0 Å². The molecule has 0 spiro atoms. The Balaban J connectivity index is 2.88. The number of aromatic nitrogens is 3. The quantitative estimate of drug-likeness (QED) is 0.276. The Morgan fingerprint density at radius 1 is 0.944 bits per heavy atom. The van der Waals surface area contributed by atoms with Gasteiger partial charge in [-0.3, -0.25) is 0 Å². The minimum absolute atomic E-state index is 0.242. The molecule has 2 rings (SSSR count). The molecule has 10 heteroatoms. The standard InChI is InChI=1S/C8H3F5N4S/c9-2-1(7-15-16-8(18)17(7)14)3(10)5(12)6(13)4(2)11/h14H2,(H,16,18). The minimum Gasteiger partial charge on any atom is -0.335 e. The molecule has 96 valence electrons. The average Bonchev–Trinajstić information content (AvgIpc) is 2.66. The maximum atomic E-state index is 13.4. The monoisotopic (exact) mass is 282 g/mol. The summed E-state index contributed by atoms with van der Waals surface area (Å²) in [6.45, 7) is 0. The van der Waals surface area contributed by atoms with Gasteiger partial charge in [-0.25, -0.2) is 31.7 Å². The van der Waals surface area contributed by atoms with Crippen LogP contribution in [0.4, 0.5) is 22.0 Å². The number of nitrogens with two attached hydrogens (primary N) is 1. The second kappa shape index (κ2) is 4.05. The van der Waals surface area contributed by atoms with Crippen LogP contribution < -0.4 is 5.84 Å². The van der Waals surface area contributed by atoms with Gasteiger partial charge in [-0.2, -0.15) is 5.10 Å². The predicted octanol–water partition coefficient (Wildman–Crippen LogP) is 2.02. The minimum atomic E-state index is -2.26. The Morgan fingerprint density at radius 2 is 1.39 bits per heavy atom. The number of hydrogen-bond acceptors (Lipinski definition) is 3. The number of nitrogens with one attached hydrogen (secondary N) is 1. The van der Waals surface area contributed by atoms with Crippen LogP contribution in [-0.4, -0.2) is 14.9 Å². The molecule has 18 heavy (non-hydrogen) atoms. The van der Waals surface area contributed by atoms with Crippen molar-refractivity contribution in [2.75, 3.05) is 5.84 Å². The van der Waals surface area contributed by atoms with Crippen LogP contribution in [0.3, 0.4) is 0 Å². The zero-order chi connectivity index (χ0) is 13.6. The van der Waals surface area contributed by atoms with Crippen LogP contribution in [0.25, 0.3) is 11.4 Å². The first-order valence-corrected chi connectivity index (χ1v) is 4.71. The summed E-state index contributed by atoms with van der Waals surface area (Å²) < 4.78 is 65.8. The molecular formula is C8H3F5N4S. The number of aromatic amines is 1. The van der Waals surface area contributed by atoms with Crippen LogP contribution in [0.5, 0.6) is 0 Å². The molecule has 0 atom stereocenters. The summed E-state index contributed by atoms with van der Waals surface area (Å²) in [5.41, 5.74) is -1.25. The largest absolute Gasteiger partial charge is 0.335 e. The van der Waals surface area contributed by atoms with Crippen molar-refractivity contribution >= 4 is 12.2 Å². The van der Waals surface area contributed by atoms with E-state index < -0.39 is 40.5 Å². The van der Waals surface area contributed by atoms with Gasteiger partial charge in [0.05, 0.1) is 5.56 Å². The van der Waals surface area contributed by atoms with Crippen molar-refractivity contribution < 1.29 is 22.0 Å². The van der Waals surface area contributed by atoms with Crippen LogP contribution in [0.15, 0.2) is 0 Å². The lowest BCUT2D eigenvalue weighted by molar-refractivity contribution is 0.380. The molecule has 0 radical (unpaired) electrons. The molecule has 0 saturated heterocycles. The second-order valence-electron chi connectivity index (χ2n) is 3.17. The summed E-state index contributed by atoms with van der Waals surface area (Å²) >= 11 is 4.57.